The molecular weight excluding hydrogens is 324 g/mol. The molecule has 0 bridgehead atoms. The number of amides is 1. The second-order valence-corrected chi connectivity index (χ2v) is 7.72. The molecule has 0 spiro atoms. The van der Waals surface area contributed by atoms with Crippen molar-refractivity contribution in [2.24, 2.45) is 0 Å². The third-order valence-electron chi connectivity index (χ3n) is 3.71. The first kappa shape index (κ1) is 18.0. The predicted octanol–water partition coefficient (Wildman–Crippen LogP) is 3.17. The van der Waals surface area contributed by atoms with Gasteiger partial charge in [0.15, 0.2) is 0 Å². The molecule has 128 valence electrons. The Hall–Kier alpha value is -2.34. The predicted molar refractivity (Wildman–Crippen MR) is 96.7 cm³/mol. The molecule has 2 aromatic carbocycles. The molecule has 0 saturated heterocycles. The number of carbonyl (C=O) groups excluding carboxylic acids is 1. The fourth-order valence-electron chi connectivity index (χ4n) is 2.63. The monoisotopic (exact) mass is 346 g/mol. The summed E-state index contributed by atoms with van der Waals surface area (Å²) in [5.41, 5.74) is 3.86. The standard InChI is InChI=1S/C18H22N2O3S/c1-12-9-10-15(13(2)11-12)14(3)19-18(21)16-7-5-6-8-17(16)20-24(4,22)23/h5-11,14,20H,1-4H3,(H,19,21)/t14-/m0/s1. The summed E-state index contributed by atoms with van der Waals surface area (Å²) >= 11 is 0. The van der Waals surface area contributed by atoms with Crippen molar-refractivity contribution < 1.29 is 13.2 Å². The van der Waals surface area contributed by atoms with Crippen molar-refractivity contribution in [3.8, 4) is 0 Å². The van der Waals surface area contributed by atoms with Crippen LogP contribution < -0.4 is 10.0 Å². The van der Waals surface area contributed by atoms with Gasteiger partial charge in [0.25, 0.3) is 5.91 Å². The molecule has 2 aromatic rings. The molecule has 0 radical (unpaired) electrons. The van der Waals surface area contributed by atoms with Crippen molar-refractivity contribution in [1.29, 1.82) is 0 Å². The minimum atomic E-state index is -3.46. The highest BCUT2D eigenvalue weighted by atomic mass is 32.2. The molecule has 0 unspecified atom stereocenters. The molecule has 1 amide bonds. The third-order valence-corrected chi connectivity index (χ3v) is 4.30. The zero-order chi connectivity index (χ0) is 17.9. The molecule has 0 aliphatic heterocycles. The van der Waals surface area contributed by atoms with Gasteiger partial charge in [-0.25, -0.2) is 8.42 Å². The molecule has 0 aromatic heterocycles. The van der Waals surface area contributed by atoms with Crippen LogP contribution >= 0.6 is 0 Å². The van der Waals surface area contributed by atoms with Crippen LogP contribution in [0.4, 0.5) is 5.69 Å². The number of nitrogens with one attached hydrogen (secondary N) is 2. The topological polar surface area (TPSA) is 75.3 Å². The lowest BCUT2D eigenvalue weighted by Gasteiger charge is -2.18. The molecule has 0 aliphatic carbocycles. The minimum absolute atomic E-state index is 0.190. The maximum absolute atomic E-state index is 12.6. The number of carbonyl (C=O) groups is 1. The number of sulfonamides is 1. The Bertz CT molecular complexity index is 860. The van der Waals surface area contributed by atoms with Crippen molar-refractivity contribution in [3.63, 3.8) is 0 Å². The lowest BCUT2D eigenvalue weighted by molar-refractivity contribution is 0.0940. The first-order valence-corrected chi connectivity index (χ1v) is 9.51. The zero-order valence-corrected chi connectivity index (χ0v) is 15.1. The molecule has 0 saturated carbocycles. The number of hydrogen-bond acceptors (Lipinski definition) is 3. The van der Waals surface area contributed by atoms with Crippen molar-refractivity contribution in [3.05, 3.63) is 64.7 Å². The summed E-state index contributed by atoms with van der Waals surface area (Å²) in [5.74, 6) is -0.325. The van der Waals surface area contributed by atoms with Crippen LogP contribution in [0.25, 0.3) is 0 Å². The van der Waals surface area contributed by atoms with Crippen molar-refractivity contribution in [1.82, 2.24) is 5.32 Å². The number of para-hydroxylation sites is 1. The van der Waals surface area contributed by atoms with Crippen LogP contribution in [-0.4, -0.2) is 20.6 Å². The molecule has 0 fully saturated rings. The first-order chi connectivity index (χ1) is 11.2. The van der Waals surface area contributed by atoms with Gasteiger partial charge in [0.2, 0.25) is 10.0 Å². The molecular formula is C18H22N2O3S. The molecule has 5 nitrogen and oxygen atoms in total. The van der Waals surface area contributed by atoms with Crippen molar-refractivity contribution >= 4 is 21.6 Å². The summed E-state index contributed by atoms with van der Waals surface area (Å²) < 4.78 is 25.3. The summed E-state index contributed by atoms with van der Waals surface area (Å²) in [7, 11) is -3.46. The van der Waals surface area contributed by atoms with Crippen molar-refractivity contribution in [2.75, 3.05) is 11.0 Å². The zero-order valence-electron chi connectivity index (χ0n) is 14.3. The summed E-state index contributed by atoms with van der Waals surface area (Å²) in [4.78, 5) is 12.6. The average molecular weight is 346 g/mol. The van der Waals surface area contributed by atoms with E-state index in [2.05, 4.69) is 16.1 Å². The Morgan fingerprint density at radius 1 is 1.08 bits per heavy atom. The van der Waals surface area contributed by atoms with Gasteiger partial charge in [0.1, 0.15) is 0 Å². The Balaban J connectivity index is 2.24. The van der Waals surface area contributed by atoms with Crippen LogP contribution in [0.2, 0.25) is 0 Å². The largest absolute Gasteiger partial charge is 0.345 e. The van der Waals surface area contributed by atoms with E-state index in [0.29, 0.717) is 5.56 Å². The number of aryl methyl sites for hydroxylation is 2. The van der Waals surface area contributed by atoms with Crippen LogP contribution in [0.3, 0.4) is 0 Å². The highest BCUT2D eigenvalue weighted by Gasteiger charge is 2.17. The van der Waals surface area contributed by atoms with Crippen LogP contribution in [0.15, 0.2) is 42.5 Å². The van der Waals surface area contributed by atoms with E-state index in [1.165, 1.54) is 0 Å². The summed E-state index contributed by atoms with van der Waals surface area (Å²) in [6.45, 7) is 5.93. The molecule has 24 heavy (non-hydrogen) atoms. The van der Waals surface area contributed by atoms with Gasteiger partial charge in [-0.1, -0.05) is 35.9 Å². The number of anilines is 1. The first-order valence-electron chi connectivity index (χ1n) is 7.62. The van der Waals surface area contributed by atoms with Gasteiger partial charge < -0.3 is 5.32 Å². The van der Waals surface area contributed by atoms with E-state index in [0.717, 1.165) is 22.9 Å². The molecule has 2 rings (SSSR count). The molecule has 1 atom stereocenters. The summed E-state index contributed by atoms with van der Waals surface area (Å²) in [6, 6.07) is 12.4. The SMILES string of the molecule is Cc1ccc([C@H](C)NC(=O)c2ccccc2NS(C)(=O)=O)c(C)c1. The van der Waals surface area contributed by atoms with E-state index >= 15 is 0 Å². The van der Waals surface area contributed by atoms with Crippen LogP contribution in [0, 0.1) is 13.8 Å². The average Bonchev–Trinajstić information content (AvgIpc) is 2.45. The fraction of sp³-hybridized carbons (Fsp3) is 0.278. The lowest BCUT2D eigenvalue weighted by atomic mass is 10.00. The molecule has 0 aliphatic rings. The third kappa shape index (κ3) is 4.58. The van der Waals surface area contributed by atoms with E-state index in [-0.39, 0.29) is 17.6 Å². The van der Waals surface area contributed by atoms with E-state index in [1.54, 1.807) is 24.3 Å². The van der Waals surface area contributed by atoms with Gasteiger partial charge in [-0.15, -0.1) is 0 Å². The second kappa shape index (κ2) is 7.05. The highest BCUT2D eigenvalue weighted by molar-refractivity contribution is 7.92. The van der Waals surface area contributed by atoms with Gasteiger partial charge in [-0.05, 0) is 44.0 Å². The van der Waals surface area contributed by atoms with E-state index in [4.69, 9.17) is 0 Å². The summed E-state index contributed by atoms with van der Waals surface area (Å²) in [6.07, 6.45) is 1.06. The Morgan fingerprint density at radius 3 is 2.38 bits per heavy atom. The number of rotatable bonds is 5. The van der Waals surface area contributed by atoms with E-state index in [9.17, 15) is 13.2 Å². The Kier molecular flexibility index (Phi) is 5.29. The fourth-order valence-corrected chi connectivity index (χ4v) is 3.21. The molecule has 2 N–H and O–H groups in total. The van der Waals surface area contributed by atoms with Crippen molar-refractivity contribution in [2.45, 2.75) is 26.8 Å². The van der Waals surface area contributed by atoms with Crippen LogP contribution in [0.5, 0.6) is 0 Å². The number of benzene rings is 2. The van der Waals surface area contributed by atoms with Gasteiger partial charge in [0, 0.05) is 0 Å². The van der Waals surface area contributed by atoms with Crippen LogP contribution in [0.1, 0.15) is 40.0 Å². The van der Waals surface area contributed by atoms with Gasteiger partial charge in [-0.3, -0.25) is 9.52 Å². The molecule has 0 heterocycles. The highest BCUT2D eigenvalue weighted by Crippen LogP contribution is 2.21. The maximum Gasteiger partial charge on any atom is 0.253 e. The van der Waals surface area contributed by atoms with Gasteiger partial charge >= 0.3 is 0 Å². The lowest BCUT2D eigenvalue weighted by Crippen LogP contribution is -2.28. The van der Waals surface area contributed by atoms with E-state index in [1.807, 2.05) is 32.9 Å². The summed E-state index contributed by atoms with van der Waals surface area (Å²) in [5, 5.41) is 2.93. The van der Waals surface area contributed by atoms with E-state index < -0.39 is 10.0 Å². The Labute approximate surface area is 143 Å². The maximum atomic E-state index is 12.6. The minimum Gasteiger partial charge on any atom is -0.345 e. The quantitative estimate of drug-likeness (QED) is 0.873. The normalized spacial score (nSPS) is 12.5. The number of hydrogen-bond donors (Lipinski definition) is 2. The second-order valence-electron chi connectivity index (χ2n) is 5.98. The smallest absolute Gasteiger partial charge is 0.253 e. The van der Waals surface area contributed by atoms with Gasteiger partial charge in [0.05, 0.1) is 23.5 Å². The Morgan fingerprint density at radius 2 is 1.75 bits per heavy atom. The molecule has 6 heteroatoms. The van der Waals surface area contributed by atoms with Crippen LogP contribution in [-0.2, 0) is 10.0 Å². The van der Waals surface area contributed by atoms with Gasteiger partial charge in [-0.2, -0.15) is 0 Å².